The van der Waals surface area contributed by atoms with Crippen LogP contribution in [0.15, 0.2) is 0 Å². The van der Waals surface area contributed by atoms with Crippen molar-refractivity contribution in [3.8, 4) is 0 Å². The third-order valence-electron chi connectivity index (χ3n) is 2.52. The summed E-state index contributed by atoms with van der Waals surface area (Å²) >= 11 is 0. The van der Waals surface area contributed by atoms with E-state index in [0.29, 0.717) is 12.3 Å². The summed E-state index contributed by atoms with van der Waals surface area (Å²) in [5.41, 5.74) is 5.15. The van der Waals surface area contributed by atoms with Crippen molar-refractivity contribution >= 4 is 11.8 Å². The van der Waals surface area contributed by atoms with E-state index in [1.54, 1.807) is 0 Å². The van der Waals surface area contributed by atoms with Crippen molar-refractivity contribution in [2.45, 2.75) is 26.2 Å². The number of nitrogens with two attached hydrogens (primary N) is 1. The molecule has 1 heterocycles. The van der Waals surface area contributed by atoms with Crippen LogP contribution in [-0.4, -0.2) is 18.4 Å². The van der Waals surface area contributed by atoms with E-state index in [9.17, 15) is 9.59 Å². The molecule has 0 aromatic rings. The van der Waals surface area contributed by atoms with Gasteiger partial charge in [0.15, 0.2) is 0 Å². The number of nitrogens with one attached hydrogen (secondary N) is 1. The molecule has 2 amide bonds. The largest absolute Gasteiger partial charge is 0.369 e. The molecule has 1 aliphatic heterocycles. The smallest absolute Gasteiger partial charge is 0.220 e. The fourth-order valence-corrected chi connectivity index (χ4v) is 1.67. The molecular weight excluding hydrogens is 168 g/mol. The number of piperidine rings is 1. The fourth-order valence-electron chi connectivity index (χ4n) is 1.67. The molecule has 0 saturated carbocycles. The molecule has 0 aromatic heterocycles. The van der Waals surface area contributed by atoms with Crippen molar-refractivity contribution in [1.82, 2.24) is 5.32 Å². The van der Waals surface area contributed by atoms with E-state index in [4.69, 9.17) is 5.73 Å². The Hall–Kier alpha value is -1.06. The maximum Gasteiger partial charge on any atom is 0.220 e. The van der Waals surface area contributed by atoms with E-state index in [2.05, 4.69) is 5.32 Å². The number of carbonyl (C=O) groups is 2. The Morgan fingerprint density at radius 2 is 2.46 bits per heavy atom. The molecule has 0 spiro atoms. The second-order valence-corrected chi connectivity index (χ2v) is 3.75. The molecule has 2 atom stereocenters. The quantitative estimate of drug-likeness (QED) is 0.649. The van der Waals surface area contributed by atoms with Gasteiger partial charge < -0.3 is 11.1 Å². The molecule has 0 aliphatic carbocycles. The fraction of sp³-hybridized carbons (Fsp3) is 0.778. The molecule has 1 aliphatic rings. The summed E-state index contributed by atoms with van der Waals surface area (Å²) < 4.78 is 0. The van der Waals surface area contributed by atoms with Crippen LogP contribution in [0.4, 0.5) is 0 Å². The molecule has 0 bridgehead atoms. The minimum atomic E-state index is -0.272. The maximum atomic E-state index is 11.0. The lowest BCUT2D eigenvalue weighted by Crippen LogP contribution is -2.35. The average Bonchev–Trinajstić information content (AvgIpc) is 2.04. The Kier molecular flexibility index (Phi) is 3.28. The van der Waals surface area contributed by atoms with Crippen LogP contribution in [0, 0.1) is 11.8 Å². The molecule has 1 fully saturated rings. The van der Waals surface area contributed by atoms with Crippen LogP contribution >= 0.6 is 0 Å². The van der Waals surface area contributed by atoms with Gasteiger partial charge in [0.25, 0.3) is 0 Å². The van der Waals surface area contributed by atoms with Crippen molar-refractivity contribution in [2.75, 3.05) is 6.54 Å². The van der Waals surface area contributed by atoms with Gasteiger partial charge in [-0.2, -0.15) is 0 Å². The first kappa shape index (κ1) is 10.0. The predicted octanol–water partition coefficient (Wildman–Crippen LogP) is 0.0241. The first-order valence-electron chi connectivity index (χ1n) is 4.65. The van der Waals surface area contributed by atoms with Crippen molar-refractivity contribution in [3.05, 3.63) is 0 Å². The van der Waals surface area contributed by atoms with Gasteiger partial charge in [0.1, 0.15) is 0 Å². The number of amides is 2. The standard InChI is InChI=1S/C9H16N2O2/c1-6(9(10)13)4-7-2-3-11-8(12)5-7/h6-7H,2-5H2,1H3,(H2,10,13)(H,11,12). The second-order valence-electron chi connectivity index (χ2n) is 3.75. The van der Waals surface area contributed by atoms with Gasteiger partial charge in [-0.3, -0.25) is 9.59 Å². The SMILES string of the molecule is CC(CC1CCNC(=O)C1)C(N)=O. The molecule has 0 radical (unpaired) electrons. The molecule has 4 nitrogen and oxygen atoms in total. The van der Waals surface area contributed by atoms with Crippen LogP contribution in [0.5, 0.6) is 0 Å². The lowest BCUT2D eigenvalue weighted by atomic mass is 9.88. The zero-order chi connectivity index (χ0) is 9.84. The highest BCUT2D eigenvalue weighted by atomic mass is 16.2. The Morgan fingerprint density at radius 1 is 1.77 bits per heavy atom. The van der Waals surface area contributed by atoms with Crippen molar-refractivity contribution in [1.29, 1.82) is 0 Å². The van der Waals surface area contributed by atoms with Crippen LogP contribution in [0.25, 0.3) is 0 Å². The van der Waals surface area contributed by atoms with Crippen LogP contribution < -0.4 is 11.1 Å². The summed E-state index contributed by atoms with van der Waals surface area (Å²) in [5, 5.41) is 2.76. The van der Waals surface area contributed by atoms with Gasteiger partial charge in [-0.25, -0.2) is 0 Å². The normalized spacial score (nSPS) is 25.0. The topological polar surface area (TPSA) is 72.2 Å². The van der Waals surface area contributed by atoms with Gasteiger partial charge >= 0.3 is 0 Å². The molecule has 13 heavy (non-hydrogen) atoms. The van der Waals surface area contributed by atoms with E-state index < -0.39 is 0 Å². The van der Waals surface area contributed by atoms with Gasteiger partial charge in [-0.1, -0.05) is 6.92 Å². The summed E-state index contributed by atoms with van der Waals surface area (Å²) in [6.07, 6.45) is 2.24. The molecule has 0 aromatic carbocycles. The van der Waals surface area contributed by atoms with Gasteiger partial charge in [0.05, 0.1) is 0 Å². The van der Waals surface area contributed by atoms with Crippen molar-refractivity contribution < 1.29 is 9.59 Å². The Labute approximate surface area is 77.9 Å². The van der Waals surface area contributed by atoms with E-state index in [1.807, 2.05) is 6.92 Å². The van der Waals surface area contributed by atoms with Crippen molar-refractivity contribution in [2.24, 2.45) is 17.6 Å². The summed E-state index contributed by atoms with van der Waals surface area (Å²) in [6.45, 7) is 2.55. The summed E-state index contributed by atoms with van der Waals surface area (Å²) in [5.74, 6) is 0.0334. The Balaban J connectivity index is 2.35. The molecule has 74 valence electrons. The highest BCUT2D eigenvalue weighted by molar-refractivity contribution is 5.78. The molecule has 1 rings (SSSR count). The zero-order valence-electron chi connectivity index (χ0n) is 7.88. The monoisotopic (exact) mass is 184 g/mol. The number of carbonyl (C=O) groups excluding carboxylic acids is 2. The first-order valence-corrected chi connectivity index (χ1v) is 4.65. The number of hydrogen-bond donors (Lipinski definition) is 2. The van der Waals surface area contributed by atoms with E-state index >= 15 is 0 Å². The minimum Gasteiger partial charge on any atom is -0.369 e. The first-order chi connectivity index (χ1) is 6.09. The van der Waals surface area contributed by atoms with E-state index in [-0.39, 0.29) is 17.7 Å². The number of primary amides is 1. The maximum absolute atomic E-state index is 11.0. The minimum absolute atomic E-state index is 0.0907. The van der Waals surface area contributed by atoms with Crippen LogP contribution in [0.1, 0.15) is 26.2 Å². The highest BCUT2D eigenvalue weighted by Gasteiger charge is 2.22. The average molecular weight is 184 g/mol. The van der Waals surface area contributed by atoms with Gasteiger partial charge in [-0.15, -0.1) is 0 Å². The molecule has 3 N–H and O–H groups in total. The third-order valence-corrected chi connectivity index (χ3v) is 2.52. The van der Waals surface area contributed by atoms with E-state index in [0.717, 1.165) is 19.4 Å². The van der Waals surface area contributed by atoms with Gasteiger partial charge in [0, 0.05) is 18.9 Å². The lowest BCUT2D eigenvalue weighted by Gasteiger charge is -2.23. The highest BCUT2D eigenvalue weighted by Crippen LogP contribution is 2.21. The summed E-state index contributed by atoms with van der Waals surface area (Å²) in [7, 11) is 0. The number of hydrogen-bond acceptors (Lipinski definition) is 2. The zero-order valence-corrected chi connectivity index (χ0v) is 7.88. The second kappa shape index (κ2) is 4.25. The molecule has 2 unspecified atom stereocenters. The predicted molar refractivity (Wildman–Crippen MR) is 48.7 cm³/mol. The summed E-state index contributed by atoms with van der Waals surface area (Å²) in [6, 6.07) is 0. The molecule has 1 saturated heterocycles. The van der Waals surface area contributed by atoms with Crippen molar-refractivity contribution in [3.63, 3.8) is 0 Å². The summed E-state index contributed by atoms with van der Waals surface area (Å²) in [4.78, 5) is 21.8. The Morgan fingerprint density at radius 3 is 3.00 bits per heavy atom. The van der Waals surface area contributed by atoms with Crippen LogP contribution in [-0.2, 0) is 9.59 Å². The van der Waals surface area contributed by atoms with Crippen LogP contribution in [0.3, 0.4) is 0 Å². The lowest BCUT2D eigenvalue weighted by molar-refractivity contribution is -0.125. The van der Waals surface area contributed by atoms with E-state index in [1.165, 1.54) is 0 Å². The van der Waals surface area contributed by atoms with Gasteiger partial charge in [0.2, 0.25) is 11.8 Å². The molecular formula is C9H16N2O2. The van der Waals surface area contributed by atoms with Crippen LogP contribution in [0.2, 0.25) is 0 Å². The third kappa shape index (κ3) is 3.05. The molecule has 4 heteroatoms. The number of rotatable bonds is 3. The Bertz CT molecular complexity index is 216. The van der Waals surface area contributed by atoms with Gasteiger partial charge in [-0.05, 0) is 18.8 Å².